The second-order valence-electron chi connectivity index (χ2n) is 7.92. The van der Waals surface area contributed by atoms with E-state index in [1.54, 1.807) is 36.6 Å². The van der Waals surface area contributed by atoms with Crippen LogP contribution in [0.2, 0.25) is 0 Å². The van der Waals surface area contributed by atoms with Crippen LogP contribution < -0.4 is 5.32 Å². The van der Waals surface area contributed by atoms with Gasteiger partial charge in [-0.1, -0.05) is 60.3 Å². The molecule has 180 valence electrons. The van der Waals surface area contributed by atoms with Crippen LogP contribution in [0.15, 0.2) is 110 Å². The van der Waals surface area contributed by atoms with E-state index in [1.165, 1.54) is 22.9 Å². The van der Waals surface area contributed by atoms with Gasteiger partial charge in [0.25, 0.3) is 0 Å². The van der Waals surface area contributed by atoms with Gasteiger partial charge >= 0.3 is 0 Å². The van der Waals surface area contributed by atoms with Gasteiger partial charge in [-0.05, 0) is 36.4 Å². The molecule has 36 heavy (non-hydrogen) atoms. The Labute approximate surface area is 211 Å². The molecule has 4 aromatic rings. The minimum atomic E-state index is -0.620. The number of thioether (sulfide) groups is 1. The fourth-order valence-electron chi connectivity index (χ4n) is 3.64. The zero-order valence-electron chi connectivity index (χ0n) is 19.1. The van der Waals surface area contributed by atoms with Crippen LogP contribution in [0.4, 0.5) is 5.69 Å². The minimum Gasteiger partial charge on any atom is -0.467 e. The summed E-state index contributed by atoms with van der Waals surface area (Å²) in [5.41, 5.74) is 1.64. The van der Waals surface area contributed by atoms with Gasteiger partial charge in [-0.25, -0.2) is 0 Å². The zero-order valence-corrected chi connectivity index (χ0v) is 19.9. The molecular weight excluding hydrogens is 476 g/mol. The smallest absolute Gasteiger partial charge is 0.243 e. The van der Waals surface area contributed by atoms with Crippen LogP contribution in [0.3, 0.4) is 0 Å². The molecule has 0 spiro atoms. The van der Waals surface area contributed by atoms with Crippen LogP contribution >= 0.6 is 11.8 Å². The molecule has 0 bridgehead atoms. The number of furan rings is 2. The van der Waals surface area contributed by atoms with Gasteiger partial charge in [0.1, 0.15) is 22.5 Å². The first-order valence-electron chi connectivity index (χ1n) is 11.3. The lowest BCUT2D eigenvalue weighted by Gasteiger charge is -2.14. The monoisotopic (exact) mass is 498 g/mol. The van der Waals surface area contributed by atoms with Crippen molar-refractivity contribution in [2.24, 2.45) is 10.2 Å². The van der Waals surface area contributed by atoms with Crippen LogP contribution in [0, 0.1) is 0 Å². The van der Waals surface area contributed by atoms with Gasteiger partial charge in [-0.15, -0.1) is 5.10 Å². The Morgan fingerprint density at radius 3 is 2.53 bits per heavy atom. The highest BCUT2D eigenvalue weighted by Crippen LogP contribution is 2.31. The molecule has 1 atom stereocenters. The van der Waals surface area contributed by atoms with Crippen molar-refractivity contribution in [1.82, 2.24) is 4.90 Å². The van der Waals surface area contributed by atoms with Gasteiger partial charge in [0.2, 0.25) is 11.8 Å². The fraction of sp³-hybridized carbons (Fsp3) is 0.111. The van der Waals surface area contributed by atoms with Gasteiger partial charge < -0.3 is 14.2 Å². The molecule has 1 fully saturated rings. The Morgan fingerprint density at radius 1 is 1.00 bits per heavy atom. The molecule has 5 rings (SSSR count). The molecule has 3 heterocycles. The number of anilines is 1. The van der Waals surface area contributed by atoms with E-state index in [1.807, 2.05) is 54.6 Å². The van der Waals surface area contributed by atoms with E-state index in [9.17, 15) is 9.59 Å². The summed E-state index contributed by atoms with van der Waals surface area (Å²) in [5, 5.41) is 11.0. The third-order valence-electron chi connectivity index (χ3n) is 5.36. The summed E-state index contributed by atoms with van der Waals surface area (Å²) in [6, 6.07) is 26.1. The topological polar surface area (TPSA) is 100 Å². The number of carbonyl (C=O) groups is 2. The Balaban J connectivity index is 1.30. The molecule has 9 heteroatoms. The van der Waals surface area contributed by atoms with E-state index < -0.39 is 5.25 Å². The molecule has 2 amide bonds. The third kappa shape index (κ3) is 5.64. The van der Waals surface area contributed by atoms with Crippen molar-refractivity contribution in [3.8, 4) is 11.3 Å². The SMILES string of the molecule is O=C(CC1S/C(=N\N=C\c2ccc(-c3ccccc3)o2)N(Cc2ccco2)C1=O)Nc1ccccc1. The second-order valence-corrected chi connectivity index (χ2v) is 9.09. The molecule has 1 unspecified atom stereocenters. The predicted molar refractivity (Wildman–Crippen MR) is 139 cm³/mol. The number of amides is 2. The molecule has 1 N–H and O–H groups in total. The van der Waals surface area contributed by atoms with Crippen molar-refractivity contribution >= 4 is 40.6 Å². The minimum absolute atomic E-state index is 0.00834. The van der Waals surface area contributed by atoms with E-state index in [0.29, 0.717) is 22.4 Å². The van der Waals surface area contributed by atoms with Crippen molar-refractivity contribution < 1.29 is 18.4 Å². The highest BCUT2D eigenvalue weighted by Gasteiger charge is 2.39. The molecule has 0 radical (unpaired) electrons. The molecule has 1 aliphatic rings. The number of carbonyl (C=O) groups excluding carboxylic acids is 2. The van der Waals surface area contributed by atoms with Crippen molar-refractivity contribution in [3.63, 3.8) is 0 Å². The summed E-state index contributed by atoms with van der Waals surface area (Å²) in [5.74, 6) is 1.38. The molecule has 1 saturated heterocycles. The number of nitrogens with zero attached hydrogens (tertiary/aromatic N) is 3. The summed E-state index contributed by atoms with van der Waals surface area (Å²) >= 11 is 1.20. The normalized spacial score (nSPS) is 16.8. The summed E-state index contributed by atoms with van der Waals surface area (Å²) in [6.07, 6.45) is 3.05. The average molecular weight is 499 g/mol. The Bertz CT molecular complexity index is 1380. The molecule has 8 nitrogen and oxygen atoms in total. The zero-order chi connectivity index (χ0) is 24.7. The summed E-state index contributed by atoms with van der Waals surface area (Å²) < 4.78 is 11.2. The van der Waals surface area contributed by atoms with Gasteiger partial charge in [0.15, 0.2) is 5.17 Å². The number of para-hydroxylation sites is 1. The number of nitrogens with one attached hydrogen (secondary N) is 1. The van der Waals surface area contributed by atoms with Gasteiger partial charge in [-0.3, -0.25) is 14.5 Å². The molecule has 2 aromatic carbocycles. The molecule has 0 saturated carbocycles. The number of rotatable bonds is 8. The van der Waals surface area contributed by atoms with Crippen molar-refractivity contribution in [3.05, 3.63) is 103 Å². The maximum atomic E-state index is 13.2. The van der Waals surface area contributed by atoms with E-state index in [-0.39, 0.29) is 24.8 Å². The van der Waals surface area contributed by atoms with Gasteiger partial charge in [0.05, 0.1) is 19.0 Å². The lowest BCUT2D eigenvalue weighted by molar-refractivity contribution is -0.128. The first-order chi connectivity index (χ1) is 17.7. The third-order valence-corrected chi connectivity index (χ3v) is 6.52. The summed E-state index contributed by atoms with van der Waals surface area (Å²) in [7, 11) is 0. The quantitative estimate of drug-likeness (QED) is 0.259. The van der Waals surface area contributed by atoms with Gasteiger partial charge in [-0.2, -0.15) is 5.10 Å². The van der Waals surface area contributed by atoms with Crippen LogP contribution in [-0.2, 0) is 16.1 Å². The van der Waals surface area contributed by atoms with Crippen LogP contribution in [0.25, 0.3) is 11.3 Å². The van der Waals surface area contributed by atoms with Crippen molar-refractivity contribution in [2.75, 3.05) is 5.32 Å². The van der Waals surface area contributed by atoms with E-state index >= 15 is 0 Å². The first kappa shape index (κ1) is 23.4. The number of benzene rings is 2. The van der Waals surface area contributed by atoms with E-state index in [4.69, 9.17) is 8.83 Å². The lowest BCUT2D eigenvalue weighted by atomic mass is 10.2. The van der Waals surface area contributed by atoms with Crippen molar-refractivity contribution in [2.45, 2.75) is 18.2 Å². The van der Waals surface area contributed by atoms with Crippen LogP contribution in [0.5, 0.6) is 0 Å². The maximum absolute atomic E-state index is 13.2. The maximum Gasteiger partial charge on any atom is 0.243 e. The molecule has 0 aliphatic carbocycles. The summed E-state index contributed by atoms with van der Waals surface area (Å²) in [6.45, 7) is 0.197. The summed E-state index contributed by atoms with van der Waals surface area (Å²) in [4.78, 5) is 27.2. The van der Waals surface area contributed by atoms with Crippen LogP contribution in [-0.4, -0.2) is 33.3 Å². The molecular formula is C27H22N4O4S. The lowest BCUT2D eigenvalue weighted by Crippen LogP contribution is -2.33. The Hall–Kier alpha value is -4.37. The number of amidine groups is 1. The van der Waals surface area contributed by atoms with Crippen LogP contribution in [0.1, 0.15) is 17.9 Å². The van der Waals surface area contributed by atoms with Crippen molar-refractivity contribution in [1.29, 1.82) is 0 Å². The predicted octanol–water partition coefficient (Wildman–Crippen LogP) is 5.40. The largest absolute Gasteiger partial charge is 0.467 e. The second kappa shape index (κ2) is 10.9. The number of hydrogen-bond donors (Lipinski definition) is 1. The van der Waals surface area contributed by atoms with E-state index in [2.05, 4.69) is 15.5 Å². The fourth-order valence-corrected chi connectivity index (χ4v) is 4.73. The molecule has 2 aromatic heterocycles. The van der Waals surface area contributed by atoms with Gasteiger partial charge in [0, 0.05) is 17.7 Å². The molecule has 1 aliphatic heterocycles. The van der Waals surface area contributed by atoms with E-state index in [0.717, 1.165) is 11.3 Å². The average Bonchev–Trinajstić information content (AvgIpc) is 3.64. The first-order valence-corrected chi connectivity index (χ1v) is 12.2. The standard InChI is InChI=1S/C27H22N4O4S/c32-25(29-20-10-5-2-6-11-20)16-24-26(33)31(18-22-12-7-15-34-22)27(36-24)30-28-17-21-13-14-23(35-21)19-8-3-1-4-9-19/h1-15,17,24H,16,18H2,(H,29,32)/b28-17+,30-27-. The number of hydrogen-bond acceptors (Lipinski definition) is 7. The highest BCUT2D eigenvalue weighted by atomic mass is 32.2. The highest BCUT2D eigenvalue weighted by molar-refractivity contribution is 8.15. The Kier molecular flexibility index (Phi) is 7.09. The Morgan fingerprint density at radius 2 is 1.78 bits per heavy atom.